The number of carbonyl (C=O) groups is 1. The van der Waals surface area contributed by atoms with Crippen molar-refractivity contribution in [2.24, 2.45) is 5.41 Å². The maximum Gasteiger partial charge on any atom is 0.244 e. The fourth-order valence-electron chi connectivity index (χ4n) is 3.37. The first-order chi connectivity index (χ1) is 12.8. The zero-order valence-electron chi connectivity index (χ0n) is 15.2. The Balaban J connectivity index is 1.74. The zero-order valence-corrected chi connectivity index (χ0v) is 16.8. The molecule has 1 aliphatic heterocycles. The minimum Gasteiger partial charge on any atom is -0.352 e. The topological polar surface area (TPSA) is 66.5 Å². The molecule has 1 amide bonds. The highest BCUT2D eigenvalue weighted by Gasteiger charge is 2.42. The second-order valence-electron chi connectivity index (χ2n) is 7.10. The van der Waals surface area contributed by atoms with Gasteiger partial charge in [-0.2, -0.15) is 4.31 Å². The Hall–Kier alpha value is -1.89. The number of nitrogens with one attached hydrogen (secondary N) is 1. The molecule has 3 rings (SSSR count). The highest BCUT2D eigenvalue weighted by atomic mass is 35.5. The molecule has 0 spiro atoms. The van der Waals surface area contributed by atoms with Gasteiger partial charge in [-0.25, -0.2) is 8.42 Å². The maximum atomic E-state index is 13.0. The van der Waals surface area contributed by atoms with Crippen LogP contribution in [-0.2, 0) is 21.4 Å². The number of rotatable bonds is 5. The number of amides is 1. The van der Waals surface area contributed by atoms with Gasteiger partial charge in [0.25, 0.3) is 0 Å². The second kappa shape index (κ2) is 8.00. The third-order valence-electron chi connectivity index (χ3n) is 4.96. The molecule has 2 aromatic rings. The van der Waals surface area contributed by atoms with Crippen LogP contribution in [0.1, 0.15) is 25.3 Å². The van der Waals surface area contributed by atoms with Crippen molar-refractivity contribution in [3.8, 4) is 0 Å². The number of piperidine rings is 1. The third kappa shape index (κ3) is 4.34. The predicted octanol–water partition coefficient (Wildman–Crippen LogP) is 3.45. The summed E-state index contributed by atoms with van der Waals surface area (Å²) in [6.45, 7) is 2.77. The number of carbonyl (C=O) groups excluding carboxylic acids is 1. The largest absolute Gasteiger partial charge is 0.352 e. The first-order valence-electron chi connectivity index (χ1n) is 8.90. The van der Waals surface area contributed by atoms with Gasteiger partial charge in [-0.15, -0.1) is 0 Å². The lowest BCUT2D eigenvalue weighted by molar-refractivity contribution is -0.132. The Morgan fingerprint density at radius 1 is 1.15 bits per heavy atom. The third-order valence-corrected chi connectivity index (χ3v) is 7.30. The summed E-state index contributed by atoms with van der Waals surface area (Å²) < 4.78 is 27.4. The normalized spacial score (nSPS) is 21.0. The summed E-state index contributed by atoms with van der Waals surface area (Å²) in [6, 6.07) is 16.0. The lowest BCUT2D eigenvalue weighted by atomic mass is 9.82. The number of halogens is 1. The molecule has 1 heterocycles. The van der Waals surface area contributed by atoms with Gasteiger partial charge in [0.15, 0.2) is 0 Å². The van der Waals surface area contributed by atoms with E-state index in [1.807, 2.05) is 37.3 Å². The van der Waals surface area contributed by atoms with Crippen molar-refractivity contribution in [2.45, 2.75) is 31.2 Å². The lowest BCUT2D eigenvalue weighted by Gasteiger charge is -2.38. The van der Waals surface area contributed by atoms with E-state index < -0.39 is 15.4 Å². The van der Waals surface area contributed by atoms with E-state index in [1.54, 1.807) is 18.2 Å². The average molecular weight is 407 g/mol. The van der Waals surface area contributed by atoms with Crippen LogP contribution in [0.4, 0.5) is 0 Å². The molecule has 0 aliphatic carbocycles. The Labute approximate surface area is 165 Å². The molecule has 0 bridgehead atoms. The van der Waals surface area contributed by atoms with Crippen LogP contribution >= 0.6 is 11.6 Å². The van der Waals surface area contributed by atoms with Gasteiger partial charge in [0.1, 0.15) is 4.90 Å². The van der Waals surface area contributed by atoms with Crippen LogP contribution in [0.3, 0.4) is 0 Å². The lowest BCUT2D eigenvalue weighted by Crippen LogP contribution is -2.51. The van der Waals surface area contributed by atoms with E-state index in [2.05, 4.69) is 5.32 Å². The Morgan fingerprint density at radius 2 is 1.81 bits per heavy atom. The van der Waals surface area contributed by atoms with Crippen molar-refractivity contribution in [1.29, 1.82) is 0 Å². The van der Waals surface area contributed by atoms with Gasteiger partial charge in [0, 0.05) is 19.6 Å². The number of hydrogen-bond acceptors (Lipinski definition) is 3. The van der Waals surface area contributed by atoms with Crippen LogP contribution in [0.15, 0.2) is 59.5 Å². The summed E-state index contributed by atoms with van der Waals surface area (Å²) in [7, 11) is -3.74. The molecule has 1 atom stereocenters. The quantitative estimate of drug-likeness (QED) is 0.826. The second-order valence-corrected chi connectivity index (χ2v) is 9.42. The molecule has 1 saturated heterocycles. The summed E-state index contributed by atoms with van der Waals surface area (Å²) in [5.74, 6) is -0.134. The first-order valence-corrected chi connectivity index (χ1v) is 10.7. The summed E-state index contributed by atoms with van der Waals surface area (Å²) in [4.78, 5) is 12.9. The van der Waals surface area contributed by atoms with E-state index in [9.17, 15) is 13.2 Å². The van der Waals surface area contributed by atoms with Crippen LogP contribution in [0.25, 0.3) is 0 Å². The molecule has 1 fully saturated rings. The van der Waals surface area contributed by atoms with Gasteiger partial charge in [0.2, 0.25) is 15.9 Å². The average Bonchev–Trinajstić information content (AvgIpc) is 2.67. The number of benzene rings is 2. The van der Waals surface area contributed by atoms with Crippen LogP contribution < -0.4 is 5.32 Å². The van der Waals surface area contributed by atoms with Gasteiger partial charge in [-0.3, -0.25) is 4.79 Å². The van der Waals surface area contributed by atoms with Crippen molar-refractivity contribution in [2.75, 3.05) is 13.1 Å². The molecular formula is C20H23ClN2O3S. The van der Waals surface area contributed by atoms with Gasteiger partial charge in [-0.05, 0) is 37.5 Å². The molecule has 5 nitrogen and oxygen atoms in total. The number of nitrogens with zero attached hydrogens (tertiary/aromatic N) is 1. The summed E-state index contributed by atoms with van der Waals surface area (Å²) in [6.07, 6.45) is 1.26. The fraction of sp³-hybridized carbons (Fsp3) is 0.350. The van der Waals surface area contributed by atoms with Crippen molar-refractivity contribution in [3.05, 3.63) is 65.2 Å². The molecule has 0 radical (unpaired) electrons. The van der Waals surface area contributed by atoms with Crippen molar-refractivity contribution >= 4 is 27.5 Å². The molecule has 1 N–H and O–H groups in total. The molecule has 1 unspecified atom stereocenters. The number of hydrogen-bond donors (Lipinski definition) is 1. The molecule has 1 aliphatic rings. The summed E-state index contributed by atoms with van der Waals surface area (Å²) in [5, 5.41) is 3.14. The van der Waals surface area contributed by atoms with Crippen LogP contribution in [0, 0.1) is 5.41 Å². The van der Waals surface area contributed by atoms with E-state index in [-0.39, 0.29) is 22.4 Å². The minimum absolute atomic E-state index is 0.0839. The Kier molecular flexibility index (Phi) is 5.89. The van der Waals surface area contributed by atoms with E-state index in [4.69, 9.17) is 11.6 Å². The smallest absolute Gasteiger partial charge is 0.244 e. The monoisotopic (exact) mass is 406 g/mol. The predicted molar refractivity (Wildman–Crippen MR) is 106 cm³/mol. The van der Waals surface area contributed by atoms with Crippen LogP contribution in [0.2, 0.25) is 5.02 Å². The maximum absolute atomic E-state index is 13.0. The first kappa shape index (κ1) is 19.9. The van der Waals surface area contributed by atoms with Crippen molar-refractivity contribution < 1.29 is 13.2 Å². The van der Waals surface area contributed by atoms with Gasteiger partial charge >= 0.3 is 0 Å². The minimum atomic E-state index is -3.74. The molecule has 2 aromatic carbocycles. The van der Waals surface area contributed by atoms with E-state index in [0.29, 0.717) is 25.9 Å². The van der Waals surface area contributed by atoms with E-state index in [1.165, 1.54) is 10.4 Å². The van der Waals surface area contributed by atoms with Crippen LogP contribution in [-0.4, -0.2) is 31.7 Å². The van der Waals surface area contributed by atoms with Gasteiger partial charge < -0.3 is 5.32 Å². The summed E-state index contributed by atoms with van der Waals surface area (Å²) >= 11 is 6.09. The molecule has 7 heteroatoms. The van der Waals surface area contributed by atoms with Crippen LogP contribution in [0.5, 0.6) is 0 Å². The molecular weight excluding hydrogens is 384 g/mol. The zero-order chi connectivity index (χ0) is 19.5. The molecule has 0 aromatic heterocycles. The number of sulfonamides is 1. The van der Waals surface area contributed by atoms with Crippen molar-refractivity contribution in [1.82, 2.24) is 9.62 Å². The standard InChI is InChI=1S/C20H23ClN2O3S/c1-20(19(24)22-14-16-8-3-2-4-9-16)12-7-13-23(15-20)27(25,26)18-11-6-5-10-17(18)21/h2-6,8-11H,7,12-15H2,1H3,(H,22,24). The SMILES string of the molecule is CC1(C(=O)NCc2ccccc2)CCCN(S(=O)(=O)c2ccccc2Cl)C1. The Bertz CT molecular complexity index is 918. The molecule has 0 saturated carbocycles. The van der Waals surface area contributed by atoms with Crippen molar-refractivity contribution in [3.63, 3.8) is 0 Å². The Morgan fingerprint density at radius 3 is 2.52 bits per heavy atom. The molecule has 27 heavy (non-hydrogen) atoms. The van der Waals surface area contributed by atoms with E-state index in [0.717, 1.165) is 5.56 Å². The van der Waals surface area contributed by atoms with Gasteiger partial charge in [-0.1, -0.05) is 54.1 Å². The highest BCUT2D eigenvalue weighted by molar-refractivity contribution is 7.89. The fourth-order valence-corrected chi connectivity index (χ4v) is 5.46. The van der Waals surface area contributed by atoms with E-state index >= 15 is 0 Å². The highest BCUT2D eigenvalue weighted by Crippen LogP contribution is 2.34. The summed E-state index contributed by atoms with van der Waals surface area (Å²) in [5.41, 5.74) is 0.229. The molecule has 144 valence electrons. The van der Waals surface area contributed by atoms with Gasteiger partial charge in [0.05, 0.1) is 10.4 Å².